The quantitative estimate of drug-likeness (QED) is 0.0329. The first kappa shape index (κ1) is 46.7. The number of carbonyl (C=O) groups excluding carboxylic acids is 2. The largest absolute Gasteiger partial charge is 0.463 e. The monoisotopic (exact) mass is 651 g/mol. The molecule has 0 unspecified atom stereocenters. The third-order valence-electron chi connectivity index (χ3n) is 4.51. The van der Waals surface area contributed by atoms with Gasteiger partial charge in [0.2, 0.25) is 0 Å². The number of rotatable bonds is 8. The Balaban J connectivity index is -0.000000258. The third-order valence-corrected chi connectivity index (χ3v) is 4.51. The lowest BCUT2D eigenvalue weighted by atomic mass is 10.3. The number of pyridine rings is 2. The van der Waals surface area contributed by atoms with E-state index >= 15 is 0 Å². The SMILES string of the molecule is C=CC(=O)NN.C=CC(=O)OCC.C=Cc1nc(-c2ccc(N(C)C)cn2)n[nH]1.CN(C)c1ccc(C(=N)N)nc1.Cl.NN.O. The first-order valence-corrected chi connectivity index (χ1v) is 12.4. The van der Waals surface area contributed by atoms with Crippen LogP contribution in [0.4, 0.5) is 11.4 Å². The van der Waals surface area contributed by atoms with Crippen LogP contribution in [0.2, 0.25) is 0 Å². The maximum Gasteiger partial charge on any atom is 0.330 e. The van der Waals surface area contributed by atoms with Crippen molar-refractivity contribution in [3.63, 3.8) is 0 Å². The van der Waals surface area contributed by atoms with Crippen molar-refractivity contribution in [1.82, 2.24) is 30.6 Å². The number of H-pyrrole nitrogens is 1. The van der Waals surface area contributed by atoms with Gasteiger partial charge in [0.25, 0.3) is 5.91 Å². The molecule has 3 heterocycles. The molecule has 0 saturated carbocycles. The number of hydrogen-bond donors (Lipinski definition) is 7. The van der Waals surface area contributed by atoms with Crippen LogP contribution in [0.1, 0.15) is 18.4 Å². The average molecular weight is 652 g/mol. The van der Waals surface area contributed by atoms with Crippen molar-refractivity contribution in [1.29, 1.82) is 5.41 Å². The summed E-state index contributed by atoms with van der Waals surface area (Å²) in [6.45, 7) is 12.1. The molecule has 18 heteroatoms. The molecule has 250 valence electrons. The van der Waals surface area contributed by atoms with Crippen LogP contribution in [0.3, 0.4) is 0 Å². The maximum absolute atomic E-state index is 10.1. The summed E-state index contributed by atoms with van der Waals surface area (Å²) in [5.74, 6) is 13.1. The molecule has 1 amide bonds. The Hall–Kier alpha value is -5.20. The number of ether oxygens (including phenoxy) is 1. The minimum atomic E-state index is -0.366. The number of halogens is 1. The topological polar surface area (TPSA) is 289 Å². The number of carbonyl (C=O) groups is 2. The summed E-state index contributed by atoms with van der Waals surface area (Å²) in [5, 5.41) is 13.9. The molecule has 45 heavy (non-hydrogen) atoms. The fourth-order valence-electron chi connectivity index (χ4n) is 2.33. The van der Waals surface area contributed by atoms with Crippen LogP contribution in [0.5, 0.6) is 0 Å². The summed E-state index contributed by atoms with van der Waals surface area (Å²) in [4.78, 5) is 36.3. The number of esters is 1. The molecule has 0 aliphatic carbocycles. The van der Waals surface area contributed by atoms with Crippen LogP contribution in [-0.2, 0) is 14.3 Å². The summed E-state index contributed by atoms with van der Waals surface area (Å²) in [5.41, 5.74) is 10.4. The zero-order chi connectivity index (χ0) is 33.4. The molecule has 0 atom stereocenters. The smallest absolute Gasteiger partial charge is 0.330 e. The van der Waals surface area contributed by atoms with Crippen molar-refractivity contribution in [2.75, 3.05) is 44.6 Å². The van der Waals surface area contributed by atoms with Crippen molar-refractivity contribution < 1.29 is 19.8 Å². The zero-order valence-electron chi connectivity index (χ0n) is 26.2. The highest BCUT2D eigenvalue weighted by Gasteiger charge is 2.05. The Labute approximate surface area is 269 Å². The lowest BCUT2D eigenvalue weighted by Crippen LogP contribution is -2.27. The van der Waals surface area contributed by atoms with E-state index in [1.54, 1.807) is 31.5 Å². The number of nitrogens with one attached hydrogen (secondary N) is 3. The molecule has 3 aromatic rings. The molecular weight excluding hydrogens is 606 g/mol. The summed E-state index contributed by atoms with van der Waals surface area (Å²) in [6.07, 6.45) is 7.34. The van der Waals surface area contributed by atoms with Crippen LogP contribution in [0.25, 0.3) is 17.6 Å². The number of aromatic amines is 1. The van der Waals surface area contributed by atoms with Gasteiger partial charge in [0.1, 0.15) is 23.0 Å². The van der Waals surface area contributed by atoms with Crippen LogP contribution in [-0.4, -0.2) is 83.1 Å². The molecule has 0 aliphatic heterocycles. The molecule has 17 nitrogen and oxygen atoms in total. The Morgan fingerprint density at radius 3 is 1.80 bits per heavy atom. The molecule has 0 spiro atoms. The van der Waals surface area contributed by atoms with E-state index in [9.17, 15) is 9.59 Å². The molecule has 3 aromatic heterocycles. The van der Waals surface area contributed by atoms with E-state index < -0.39 is 0 Å². The molecule has 0 saturated heterocycles. The van der Waals surface area contributed by atoms with Crippen LogP contribution in [0, 0.1) is 5.41 Å². The van der Waals surface area contributed by atoms with Crippen LogP contribution >= 0.6 is 12.4 Å². The zero-order valence-corrected chi connectivity index (χ0v) is 27.0. The van der Waals surface area contributed by atoms with Gasteiger partial charge in [0.05, 0.1) is 30.4 Å². The van der Waals surface area contributed by atoms with Gasteiger partial charge >= 0.3 is 5.97 Å². The maximum atomic E-state index is 10.1. The lowest BCUT2D eigenvalue weighted by Gasteiger charge is -2.11. The van der Waals surface area contributed by atoms with Crippen molar-refractivity contribution in [3.05, 3.63) is 80.1 Å². The highest BCUT2D eigenvalue weighted by Crippen LogP contribution is 2.16. The molecule has 0 radical (unpaired) electrons. The van der Waals surface area contributed by atoms with E-state index in [1.165, 1.54) is 0 Å². The molecule has 0 bridgehead atoms. The van der Waals surface area contributed by atoms with Crippen molar-refractivity contribution in [3.8, 4) is 11.5 Å². The number of anilines is 2. The summed E-state index contributed by atoms with van der Waals surface area (Å²) < 4.78 is 4.43. The number of amidine groups is 1. The van der Waals surface area contributed by atoms with Crippen molar-refractivity contribution >= 4 is 47.6 Å². The van der Waals surface area contributed by atoms with Gasteiger partial charge < -0.3 is 25.7 Å². The highest BCUT2D eigenvalue weighted by molar-refractivity contribution is 5.93. The summed E-state index contributed by atoms with van der Waals surface area (Å²) in [6, 6.07) is 7.49. The average Bonchev–Trinajstić information content (AvgIpc) is 3.52. The highest BCUT2D eigenvalue weighted by atomic mass is 35.5. The Morgan fingerprint density at radius 1 is 1.00 bits per heavy atom. The predicted octanol–water partition coefficient (Wildman–Crippen LogP) is 0.321. The van der Waals surface area contributed by atoms with E-state index in [0.29, 0.717) is 23.9 Å². The lowest BCUT2D eigenvalue weighted by molar-refractivity contribution is -0.137. The number of amides is 1. The first-order chi connectivity index (χ1) is 20.4. The number of hydrogen-bond acceptors (Lipinski definition) is 13. The Bertz CT molecular complexity index is 1270. The minimum Gasteiger partial charge on any atom is -0.463 e. The molecule has 0 aliphatic rings. The number of nitrogen functional groups attached to an aromatic ring is 1. The predicted molar refractivity (Wildman–Crippen MR) is 182 cm³/mol. The van der Waals surface area contributed by atoms with Crippen molar-refractivity contribution in [2.45, 2.75) is 6.92 Å². The molecular formula is C27H46ClN13O4. The van der Waals surface area contributed by atoms with Gasteiger partial charge in [0, 0.05) is 34.3 Å². The van der Waals surface area contributed by atoms with Crippen LogP contribution in [0.15, 0.2) is 68.5 Å². The van der Waals surface area contributed by atoms with E-state index in [1.807, 2.05) is 61.6 Å². The number of aromatic nitrogens is 5. The van der Waals surface area contributed by atoms with E-state index in [-0.39, 0.29) is 35.6 Å². The van der Waals surface area contributed by atoms with Gasteiger partial charge in [-0.1, -0.05) is 19.7 Å². The van der Waals surface area contributed by atoms with E-state index in [4.69, 9.17) is 11.1 Å². The van der Waals surface area contributed by atoms with Gasteiger partial charge in [-0.2, -0.15) is 5.10 Å². The summed E-state index contributed by atoms with van der Waals surface area (Å²) in [7, 11) is 7.81. The van der Waals surface area contributed by atoms with Gasteiger partial charge in [-0.3, -0.25) is 42.4 Å². The molecule has 3 rings (SSSR count). The second kappa shape index (κ2) is 27.6. The second-order valence-electron chi connectivity index (χ2n) is 7.92. The van der Waals surface area contributed by atoms with Crippen LogP contribution < -0.4 is 38.5 Å². The normalized spacial score (nSPS) is 8.36. The van der Waals surface area contributed by atoms with E-state index in [2.05, 4.69) is 67.2 Å². The third kappa shape index (κ3) is 20.4. The number of nitrogens with zero attached hydrogens (tertiary/aromatic N) is 6. The fourth-order valence-corrected chi connectivity index (χ4v) is 2.33. The first-order valence-electron chi connectivity index (χ1n) is 12.4. The van der Waals surface area contributed by atoms with E-state index in [0.717, 1.165) is 29.2 Å². The summed E-state index contributed by atoms with van der Waals surface area (Å²) >= 11 is 0. The second-order valence-corrected chi connectivity index (χ2v) is 7.92. The molecule has 0 aromatic carbocycles. The minimum absolute atomic E-state index is 0. The van der Waals surface area contributed by atoms with Gasteiger partial charge in [-0.15, -0.1) is 12.4 Å². The Morgan fingerprint density at radius 2 is 1.53 bits per heavy atom. The number of nitrogens with two attached hydrogens (primary N) is 4. The molecule has 0 fully saturated rings. The van der Waals surface area contributed by atoms with Gasteiger partial charge in [-0.25, -0.2) is 15.6 Å². The van der Waals surface area contributed by atoms with Crippen molar-refractivity contribution in [2.24, 2.45) is 23.3 Å². The molecule has 13 N–H and O–H groups in total. The fraction of sp³-hybridized carbons (Fsp3) is 0.222. The standard InChI is InChI=1S/C11H13N5.C8H12N4.C5H8O2.C3H6N2O.ClH.H4N2.H2O/c1-4-10-13-11(15-14-10)9-6-5-8(7-12-9)16(2)3;1-12(2)6-3-4-7(8(9)10)11-5-6;1-3-5(6)7-4-2;1-2-3(6)5-4;;1-2;/h4-7H,1H2,2-3H3,(H,13,14,15);3-5H,1-2H3,(H3,9,10);3H,1,4H2,2H3;2H,1,4H2,(H,5,6);1H;1-2H2;1H2. The van der Waals surface area contributed by atoms with Gasteiger partial charge in [-0.05, 0) is 43.3 Å². The van der Waals surface area contributed by atoms with Gasteiger partial charge in [0.15, 0.2) is 5.82 Å². The number of hydrazine groups is 2. The Kier molecular flexibility index (Phi) is 28.7.